The largest absolute Gasteiger partial charge is 1.00 e. The first-order chi connectivity index (χ1) is 12.4. The number of pyridine rings is 4. The third-order valence-electron chi connectivity index (χ3n) is 4.53. The second-order valence-corrected chi connectivity index (χ2v) is 5.88. The Hall–Kier alpha value is -2.34. The fourth-order valence-corrected chi connectivity index (χ4v) is 3.44. The van der Waals surface area contributed by atoms with Crippen LogP contribution in [0.5, 0.6) is 0 Å². The molecule has 0 aliphatic carbocycles. The Morgan fingerprint density at radius 2 is 0.692 bits per heavy atom. The SMILES string of the molecule is [Na+].c1ccc([B-](c2ccccn2)(c2ccccn2)c2ccccn2)nc1. The Bertz CT molecular complexity index is 775. The van der Waals surface area contributed by atoms with E-state index in [-0.39, 0.29) is 29.6 Å². The van der Waals surface area contributed by atoms with Crippen molar-refractivity contribution >= 4 is 28.5 Å². The van der Waals surface area contributed by atoms with Crippen LogP contribution in [0.2, 0.25) is 0 Å². The van der Waals surface area contributed by atoms with Crippen molar-refractivity contribution in [1.82, 2.24) is 19.9 Å². The minimum Gasteiger partial charge on any atom is -0.302 e. The summed E-state index contributed by atoms with van der Waals surface area (Å²) in [6.07, 6.45) is 5.56. The minimum absolute atomic E-state index is 0. The van der Waals surface area contributed by atoms with Crippen LogP contribution in [0.15, 0.2) is 97.6 Å². The summed E-state index contributed by atoms with van der Waals surface area (Å²) in [5, 5.41) is 0. The summed E-state index contributed by atoms with van der Waals surface area (Å²) in [7, 11) is 0. The predicted octanol–water partition coefficient (Wildman–Crippen LogP) is -2.35. The molecule has 0 aromatic carbocycles. The Morgan fingerprint density at radius 3 is 0.885 bits per heavy atom. The molecule has 0 amide bonds. The van der Waals surface area contributed by atoms with E-state index in [4.69, 9.17) is 0 Å². The normalized spacial score (nSPS) is 10.8. The van der Waals surface area contributed by atoms with Crippen LogP contribution in [0.3, 0.4) is 0 Å². The van der Waals surface area contributed by atoms with Gasteiger partial charge in [-0.1, -0.05) is 48.5 Å². The summed E-state index contributed by atoms with van der Waals surface area (Å²) >= 11 is 0. The Balaban J connectivity index is 0.00000196. The molecule has 6 heteroatoms. The first kappa shape index (κ1) is 18.5. The molecule has 4 nitrogen and oxygen atoms in total. The molecule has 120 valence electrons. The molecule has 4 aromatic rings. The maximum atomic E-state index is 4.69. The number of rotatable bonds is 4. The van der Waals surface area contributed by atoms with Crippen molar-refractivity contribution in [2.45, 2.75) is 0 Å². The van der Waals surface area contributed by atoms with Crippen molar-refractivity contribution in [3.8, 4) is 0 Å². The van der Waals surface area contributed by atoms with Crippen LogP contribution < -0.4 is 51.9 Å². The first-order valence-electron chi connectivity index (χ1n) is 8.24. The van der Waals surface area contributed by atoms with E-state index in [1.165, 1.54) is 0 Å². The summed E-state index contributed by atoms with van der Waals surface area (Å²) in [6, 6.07) is 23.7. The van der Waals surface area contributed by atoms with Gasteiger partial charge in [0.15, 0.2) is 6.15 Å². The number of hydrogen-bond donors (Lipinski definition) is 0. The van der Waals surface area contributed by atoms with Crippen molar-refractivity contribution < 1.29 is 29.6 Å². The maximum absolute atomic E-state index is 4.69. The second kappa shape index (κ2) is 8.36. The maximum Gasteiger partial charge on any atom is 1.00 e. The van der Waals surface area contributed by atoms with Gasteiger partial charge in [-0.3, -0.25) is 0 Å². The quantitative estimate of drug-likeness (QED) is 0.389. The van der Waals surface area contributed by atoms with Crippen LogP contribution in [0.4, 0.5) is 0 Å². The fraction of sp³-hybridized carbons (Fsp3) is 0. The van der Waals surface area contributed by atoms with Gasteiger partial charge in [-0.05, 0) is 24.3 Å². The van der Waals surface area contributed by atoms with Crippen LogP contribution in [0.25, 0.3) is 0 Å². The molecule has 0 spiro atoms. The molecular formula is C20H16BN4Na. The topological polar surface area (TPSA) is 51.6 Å². The van der Waals surface area contributed by atoms with Gasteiger partial charge in [-0.15, -0.1) is 22.4 Å². The smallest absolute Gasteiger partial charge is 0.302 e. The summed E-state index contributed by atoms with van der Waals surface area (Å²) in [5.74, 6) is 0. The zero-order valence-electron chi connectivity index (χ0n) is 14.6. The summed E-state index contributed by atoms with van der Waals surface area (Å²) < 4.78 is 0. The molecule has 0 fully saturated rings. The Kier molecular flexibility index (Phi) is 5.94. The summed E-state index contributed by atoms with van der Waals surface area (Å²) in [6.45, 7) is 0. The van der Waals surface area contributed by atoms with Gasteiger partial charge in [-0.2, -0.15) is 0 Å². The van der Waals surface area contributed by atoms with Gasteiger partial charge in [0.2, 0.25) is 0 Å². The number of hydrogen-bond acceptors (Lipinski definition) is 4. The van der Waals surface area contributed by atoms with Gasteiger partial charge in [-0.25, -0.2) is 0 Å². The third-order valence-corrected chi connectivity index (χ3v) is 4.53. The van der Waals surface area contributed by atoms with E-state index < -0.39 is 6.15 Å². The molecule has 4 rings (SSSR count). The average molecular weight is 346 g/mol. The fourth-order valence-electron chi connectivity index (χ4n) is 3.44. The van der Waals surface area contributed by atoms with Crippen LogP contribution >= 0.6 is 0 Å². The van der Waals surface area contributed by atoms with Gasteiger partial charge in [0.1, 0.15) is 0 Å². The van der Waals surface area contributed by atoms with E-state index in [0.29, 0.717) is 0 Å². The van der Waals surface area contributed by atoms with Crippen molar-refractivity contribution in [2.24, 2.45) is 0 Å². The molecule has 0 N–H and O–H groups in total. The van der Waals surface area contributed by atoms with Crippen molar-refractivity contribution in [3.63, 3.8) is 0 Å². The monoisotopic (exact) mass is 346 g/mol. The standard InChI is InChI=1S/C20H16BN4.Na/c1-5-13-22-17(9-1)21(18-10-2-6-14-23-18,19-11-3-7-15-24-19)20-12-4-8-16-25-20;/h1-16H;/q-1;+1. The molecule has 0 aliphatic rings. The minimum atomic E-state index is -1.66. The van der Waals surface area contributed by atoms with Gasteiger partial charge in [0, 0.05) is 24.8 Å². The molecule has 0 radical (unpaired) electrons. The van der Waals surface area contributed by atoms with Gasteiger partial charge >= 0.3 is 29.6 Å². The first-order valence-corrected chi connectivity index (χ1v) is 8.24. The number of nitrogens with zero attached hydrogens (tertiary/aromatic N) is 4. The third kappa shape index (κ3) is 3.21. The summed E-state index contributed by atoms with van der Waals surface area (Å²) in [4.78, 5) is 18.8. The molecule has 0 aliphatic heterocycles. The zero-order chi connectivity index (χ0) is 17.0. The van der Waals surface area contributed by atoms with Gasteiger partial charge in [0.25, 0.3) is 0 Å². The van der Waals surface area contributed by atoms with E-state index in [1.807, 2.05) is 72.8 Å². The van der Waals surface area contributed by atoms with Crippen LogP contribution in [-0.2, 0) is 0 Å². The molecule has 4 aromatic heterocycles. The van der Waals surface area contributed by atoms with Crippen molar-refractivity contribution in [1.29, 1.82) is 0 Å². The van der Waals surface area contributed by atoms with E-state index in [1.54, 1.807) is 24.8 Å². The van der Waals surface area contributed by atoms with Gasteiger partial charge < -0.3 is 19.9 Å². The van der Waals surface area contributed by atoms with E-state index in [0.717, 1.165) is 22.4 Å². The van der Waals surface area contributed by atoms with Crippen molar-refractivity contribution in [2.75, 3.05) is 0 Å². The number of aromatic nitrogens is 4. The second-order valence-electron chi connectivity index (χ2n) is 5.88. The van der Waals surface area contributed by atoms with E-state index in [9.17, 15) is 0 Å². The van der Waals surface area contributed by atoms with E-state index in [2.05, 4.69) is 19.9 Å². The molecular weight excluding hydrogens is 330 g/mol. The van der Waals surface area contributed by atoms with Crippen LogP contribution in [0.1, 0.15) is 0 Å². The van der Waals surface area contributed by atoms with Crippen LogP contribution in [-0.4, -0.2) is 26.1 Å². The molecule has 0 unspecified atom stereocenters. The molecule has 0 bridgehead atoms. The predicted molar refractivity (Wildman–Crippen MR) is 101 cm³/mol. The van der Waals surface area contributed by atoms with E-state index >= 15 is 0 Å². The molecule has 0 saturated carbocycles. The zero-order valence-corrected chi connectivity index (χ0v) is 16.6. The molecule has 26 heavy (non-hydrogen) atoms. The van der Waals surface area contributed by atoms with Crippen LogP contribution in [0, 0.1) is 0 Å². The molecule has 0 saturated heterocycles. The Morgan fingerprint density at radius 1 is 0.423 bits per heavy atom. The molecule has 0 atom stereocenters. The Labute approximate surface area is 175 Å². The van der Waals surface area contributed by atoms with Crippen molar-refractivity contribution in [3.05, 3.63) is 97.6 Å². The van der Waals surface area contributed by atoms with Gasteiger partial charge in [0.05, 0.1) is 0 Å². The molecule has 4 heterocycles. The summed E-state index contributed by atoms with van der Waals surface area (Å²) in [5.41, 5.74) is 3.61. The average Bonchev–Trinajstić information content (AvgIpc) is 2.72.